The maximum Gasteiger partial charge on any atom is 0.191 e. The number of nitrogens with one attached hydrogen (secondary N) is 2. The summed E-state index contributed by atoms with van der Waals surface area (Å²) < 4.78 is 5.10. The summed E-state index contributed by atoms with van der Waals surface area (Å²) in [5.74, 6) is 1.53. The monoisotopic (exact) mass is 421 g/mol. The number of aliphatic hydroxyl groups excluding tert-OH is 1. The molecule has 0 aliphatic rings. The first-order valence-electron chi connectivity index (χ1n) is 7.55. The van der Waals surface area contributed by atoms with Gasteiger partial charge in [0.2, 0.25) is 0 Å². The van der Waals surface area contributed by atoms with Crippen molar-refractivity contribution in [2.45, 2.75) is 32.8 Å². The van der Waals surface area contributed by atoms with Crippen molar-refractivity contribution in [3.05, 3.63) is 29.8 Å². The lowest BCUT2D eigenvalue weighted by Gasteiger charge is -2.13. The average molecular weight is 421 g/mol. The number of rotatable bonds is 8. The fraction of sp³-hybridized carbons (Fsp3) is 0.562. The molecule has 0 aliphatic heterocycles. The highest BCUT2D eigenvalue weighted by molar-refractivity contribution is 14.0. The summed E-state index contributed by atoms with van der Waals surface area (Å²) in [5, 5.41) is 16.6. The summed E-state index contributed by atoms with van der Waals surface area (Å²) in [6, 6.07) is 7.40. The molecule has 0 aliphatic carbocycles. The highest BCUT2D eigenvalue weighted by Gasteiger charge is 2.07. The Kier molecular flexibility index (Phi) is 11.9. The summed E-state index contributed by atoms with van der Waals surface area (Å²) in [4.78, 5) is 4.42. The molecule has 0 saturated heterocycles. The van der Waals surface area contributed by atoms with Crippen molar-refractivity contribution < 1.29 is 9.84 Å². The van der Waals surface area contributed by atoms with E-state index in [1.54, 1.807) is 7.11 Å². The van der Waals surface area contributed by atoms with Gasteiger partial charge in [-0.15, -0.1) is 24.0 Å². The van der Waals surface area contributed by atoms with Crippen LogP contribution in [0.1, 0.15) is 38.4 Å². The van der Waals surface area contributed by atoms with Gasteiger partial charge in [0.05, 0.1) is 19.8 Å². The van der Waals surface area contributed by atoms with Crippen LogP contribution in [0.25, 0.3) is 0 Å². The van der Waals surface area contributed by atoms with Crippen LogP contribution in [0.2, 0.25) is 0 Å². The molecule has 1 atom stereocenters. The second kappa shape index (κ2) is 12.5. The molecule has 126 valence electrons. The number of hydrogen-bond acceptors (Lipinski definition) is 3. The first-order chi connectivity index (χ1) is 10.2. The van der Waals surface area contributed by atoms with Crippen molar-refractivity contribution in [2.24, 2.45) is 4.99 Å². The van der Waals surface area contributed by atoms with Crippen LogP contribution in [0.5, 0.6) is 5.75 Å². The van der Waals surface area contributed by atoms with E-state index < -0.39 is 6.10 Å². The van der Waals surface area contributed by atoms with Gasteiger partial charge in [-0.25, -0.2) is 0 Å². The van der Waals surface area contributed by atoms with E-state index in [-0.39, 0.29) is 24.0 Å². The molecule has 1 aromatic rings. The van der Waals surface area contributed by atoms with Crippen molar-refractivity contribution >= 4 is 29.9 Å². The van der Waals surface area contributed by atoms with Crippen LogP contribution in [0, 0.1) is 0 Å². The van der Waals surface area contributed by atoms with Gasteiger partial charge in [0, 0.05) is 13.1 Å². The first kappa shape index (κ1) is 21.0. The minimum atomic E-state index is -0.613. The Balaban J connectivity index is 0.00000441. The van der Waals surface area contributed by atoms with Gasteiger partial charge < -0.3 is 20.5 Å². The largest absolute Gasteiger partial charge is 0.497 e. The average Bonchev–Trinajstić information content (AvgIpc) is 2.52. The Bertz CT molecular complexity index is 424. The highest BCUT2D eigenvalue weighted by Crippen LogP contribution is 2.17. The lowest BCUT2D eigenvalue weighted by Crippen LogP contribution is -2.38. The number of methoxy groups -OCH3 is 1. The SMILES string of the molecule is CCCCNC(=NCC(O)c1ccc(OC)cc1)NCC.I. The zero-order valence-corrected chi connectivity index (χ0v) is 16.0. The number of aliphatic imine (C=N–C) groups is 1. The summed E-state index contributed by atoms with van der Waals surface area (Å²) >= 11 is 0. The van der Waals surface area contributed by atoms with Crippen LogP contribution >= 0.6 is 24.0 Å². The Morgan fingerprint density at radius 1 is 1.23 bits per heavy atom. The molecule has 3 N–H and O–H groups in total. The van der Waals surface area contributed by atoms with Crippen molar-refractivity contribution in [3.8, 4) is 5.75 Å². The summed E-state index contributed by atoms with van der Waals surface area (Å²) in [7, 11) is 1.63. The molecule has 0 amide bonds. The highest BCUT2D eigenvalue weighted by atomic mass is 127. The molecule has 0 fully saturated rings. The van der Waals surface area contributed by atoms with Crippen molar-refractivity contribution in [1.29, 1.82) is 0 Å². The van der Waals surface area contributed by atoms with Crippen LogP contribution in [0.4, 0.5) is 0 Å². The third kappa shape index (κ3) is 7.84. The van der Waals surface area contributed by atoms with Crippen molar-refractivity contribution in [2.75, 3.05) is 26.7 Å². The number of ether oxygens (including phenoxy) is 1. The number of guanidine groups is 1. The predicted octanol–water partition coefficient (Wildman–Crippen LogP) is 2.70. The minimum Gasteiger partial charge on any atom is -0.497 e. The lowest BCUT2D eigenvalue weighted by atomic mass is 10.1. The molecule has 0 bridgehead atoms. The Hall–Kier alpha value is -1.02. The maximum absolute atomic E-state index is 10.2. The fourth-order valence-corrected chi connectivity index (χ4v) is 1.83. The van der Waals surface area contributed by atoms with E-state index in [0.717, 1.165) is 43.2 Å². The molecule has 0 radical (unpaired) electrons. The second-order valence-electron chi connectivity index (χ2n) is 4.79. The molecule has 1 unspecified atom stereocenters. The smallest absolute Gasteiger partial charge is 0.191 e. The summed E-state index contributed by atoms with van der Waals surface area (Å²) in [6.07, 6.45) is 1.63. The van der Waals surface area contributed by atoms with E-state index in [1.165, 1.54) is 0 Å². The standard InChI is InChI=1S/C16H27N3O2.HI/c1-4-6-11-18-16(17-5-2)19-12-15(20)13-7-9-14(21-3)10-8-13;/h7-10,15,20H,4-6,11-12H2,1-3H3,(H2,17,18,19);1H. The molecule has 1 aromatic carbocycles. The topological polar surface area (TPSA) is 65.9 Å². The summed E-state index contributed by atoms with van der Waals surface area (Å²) in [6.45, 7) is 6.20. The quantitative estimate of drug-likeness (QED) is 0.261. The van der Waals surface area contributed by atoms with Gasteiger partial charge in [-0.1, -0.05) is 25.5 Å². The third-order valence-electron chi connectivity index (χ3n) is 3.09. The Labute approximate surface area is 150 Å². The van der Waals surface area contributed by atoms with E-state index in [2.05, 4.69) is 22.5 Å². The molecule has 6 heteroatoms. The number of unbranched alkanes of at least 4 members (excludes halogenated alkanes) is 1. The number of aliphatic hydroxyl groups is 1. The van der Waals surface area contributed by atoms with Gasteiger partial charge in [-0.3, -0.25) is 4.99 Å². The minimum absolute atomic E-state index is 0. The zero-order valence-electron chi connectivity index (χ0n) is 13.6. The van der Waals surface area contributed by atoms with Crippen molar-refractivity contribution in [1.82, 2.24) is 10.6 Å². The Morgan fingerprint density at radius 3 is 2.45 bits per heavy atom. The van der Waals surface area contributed by atoms with Crippen molar-refractivity contribution in [3.63, 3.8) is 0 Å². The molecule has 1 rings (SSSR count). The first-order valence-corrected chi connectivity index (χ1v) is 7.55. The maximum atomic E-state index is 10.2. The van der Waals surface area contributed by atoms with Crippen LogP contribution in [0.15, 0.2) is 29.3 Å². The van der Waals surface area contributed by atoms with Crippen LogP contribution < -0.4 is 15.4 Å². The molecular formula is C16H28IN3O2. The molecular weight excluding hydrogens is 393 g/mol. The molecule has 0 spiro atoms. The lowest BCUT2D eigenvalue weighted by molar-refractivity contribution is 0.187. The van der Waals surface area contributed by atoms with Crippen LogP contribution in [-0.4, -0.2) is 37.8 Å². The number of halogens is 1. The molecule has 0 saturated carbocycles. The van der Waals surface area contributed by atoms with E-state index >= 15 is 0 Å². The fourth-order valence-electron chi connectivity index (χ4n) is 1.83. The van der Waals surface area contributed by atoms with E-state index in [4.69, 9.17) is 4.74 Å². The molecule has 0 aromatic heterocycles. The Morgan fingerprint density at radius 2 is 1.91 bits per heavy atom. The van der Waals surface area contributed by atoms with Gasteiger partial charge in [0.15, 0.2) is 5.96 Å². The van der Waals surface area contributed by atoms with E-state index in [0.29, 0.717) is 6.54 Å². The van der Waals surface area contributed by atoms with E-state index in [1.807, 2.05) is 31.2 Å². The number of benzene rings is 1. The molecule has 5 nitrogen and oxygen atoms in total. The number of nitrogens with zero attached hydrogens (tertiary/aromatic N) is 1. The van der Waals surface area contributed by atoms with Gasteiger partial charge in [0.25, 0.3) is 0 Å². The predicted molar refractivity (Wildman–Crippen MR) is 102 cm³/mol. The molecule has 22 heavy (non-hydrogen) atoms. The summed E-state index contributed by atoms with van der Waals surface area (Å²) in [5.41, 5.74) is 0.837. The van der Waals surface area contributed by atoms with E-state index in [9.17, 15) is 5.11 Å². The van der Waals surface area contributed by atoms with Gasteiger partial charge in [-0.2, -0.15) is 0 Å². The van der Waals surface area contributed by atoms with Gasteiger partial charge in [-0.05, 0) is 31.0 Å². The number of hydrogen-bond donors (Lipinski definition) is 3. The normalized spacial score (nSPS) is 12.3. The van der Waals surface area contributed by atoms with Crippen LogP contribution in [0.3, 0.4) is 0 Å². The molecule has 0 heterocycles. The van der Waals surface area contributed by atoms with Crippen LogP contribution in [-0.2, 0) is 0 Å². The second-order valence-corrected chi connectivity index (χ2v) is 4.79. The zero-order chi connectivity index (χ0) is 15.5. The third-order valence-corrected chi connectivity index (χ3v) is 3.09. The van der Waals surface area contributed by atoms with Gasteiger partial charge in [0.1, 0.15) is 5.75 Å². The van der Waals surface area contributed by atoms with Gasteiger partial charge >= 0.3 is 0 Å².